The molecule has 0 aromatic carbocycles. The largest absolute Gasteiger partial charge is 0.389 e. The highest BCUT2D eigenvalue weighted by Gasteiger charge is 2.21. The molecule has 0 saturated heterocycles. The highest BCUT2D eigenvalue weighted by molar-refractivity contribution is 6.21. The lowest BCUT2D eigenvalue weighted by atomic mass is 10.0. The zero-order valence-electron chi connectivity index (χ0n) is 5.61. The SMILES string of the molecule is CCC(Cl)C(C)(C)O. The molecule has 0 aliphatic heterocycles. The fourth-order valence-electron chi connectivity index (χ4n) is 0.500. The van der Waals surface area contributed by atoms with Crippen molar-refractivity contribution in [3.05, 3.63) is 0 Å². The van der Waals surface area contributed by atoms with Gasteiger partial charge in [-0.3, -0.25) is 0 Å². The van der Waals surface area contributed by atoms with E-state index in [1.807, 2.05) is 6.92 Å². The van der Waals surface area contributed by atoms with Gasteiger partial charge < -0.3 is 5.11 Å². The second kappa shape index (κ2) is 2.70. The average molecular weight is 137 g/mol. The van der Waals surface area contributed by atoms with E-state index < -0.39 is 5.60 Å². The van der Waals surface area contributed by atoms with Crippen LogP contribution in [0.5, 0.6) is 0 Å². The van der Waals surface area contributed by atoms with E-state index in [0.29, 0.717) is 0 Å². The molecule has 1 atom stereocenters. The topological polar surface area (TPSA) is 20.2 Å². The smallest absolute Gasteiger partial charge is 0.0754 e. The molecule has 0 radical (unpaired) electrons. The fraction of sp³-hybridized carbons (Fsp3) is 1.00. The zero-order valence-corrected chi connectivity index (χ0v) is 6.37. The molecule has 2 heteroatoms. The van der Waals surface area contributed by atoms with Crippen LogP contribution >= 0.6 is 11.6 Å². The Morgan fingerprint density at radius 1 is 1.62 bits per heavy atom. The summed E-state index contributed by atoms with van der Waals surface area (Å²) in [6.07, 6.45) is 0.811. The van der Waals surface area contributed by atoms with Crippen molar-refractivity contribution in [2.75, 3.05) is 0 Å². The number of halogens is 1. The van der Waals surface area contributed by atoms with E-state index in [-0.39, 0.29) is 5.38 Å². The molecule has 0 aliphatic carbocycles. The number of alkyl halides is 1. The Morgan fingerprint density at radius 2 is 2.00 bits per heavy atom. The Labute approximate surface area is 55.7 Å². The Balaban J connectivity index is 3.62. The van der Waals surface area contributed by atoms with Gasteiger partial charge in [0.2, 0.25) is 0 Å². The first-order valence-corrected chi connectivity index (χ1v) is 3.28. The minimum atomic E-state index is -0.726. The van der Waals surface area contributed by atoms with Crippen LogP contribution in [0.25, 0.3) is 0 Å². The van der Waals surface area contributed by atoms with Gasteiger partial charge in [-0.2, -0.15) is 0 Å². The quantitative estimate of drug-likeness (QED) is 0.574. The normalized spacial score (nSPS) is 16.1. The van der Waals surface area contributed by atoms with E-state index in [1.165, 1.54) is 0 Å². The molecule has 0 aromatic rings. The van der Waals surface area contributed by atoms with Gasteiger partial charge in [0.15, 0.2) is 0 Å². The van der Waals surface area contributed by atoms with Gasteiger partial charge in [0, 0.05) is 0 Å². The summed E-state index contributed by atoms with van der Waals surface area (Å²) in [6, 6.07) is 0. The maximum Gasteiger partial charge on any atom is 0.0754 e. The van der Waals surface area contributed by atoms with Crippen LogP contribution in [0.2, 0.25) is 0 Å². The van der Waals surface area contributed by atoms with Gasteiger partial charge in [0.1, 0.15) is 0 Å². The molecule has 0 heterocycles. The molecule has 0 amide bonds. The summed E-state index contributed by atoms with van der Waals surface area (Å²) in [6.45, 7) is 5.39. The minimum absolute atomic E-state index is 0.123. The van der Waals surface area contributed by atoms with Crippen LogP contribution in [0, 0.1) is 0 Å². The maximum absolute atomic E-state index is 9.15. The van der Waals surface area contributed by atoms with Gasteiger partial charge in [-0.05, 0) is 20.3 Å². The van der Waals surface area contributed by atoms with Gasteiger partial charge in [-0.1, -0.05) is 6.92 Å². The first kappa shape index (κ1) is 8.25. The summed E-state index contributed by atoms with van der Waals surface area (Å²) in [4.78, 5) is 0. The lowest BCUT2D eigenvalue weighted by Crippen LogP contribution is -2.30. The number of aliphatic hydroxyl groups is 1. The monoisotopic (exact) mass is 136 g/mol. The molecule has 0 spiro atoms. The van der Waals surface area contributed by atoms with Crippen molar-refractivity contribution in [2.24, 2.45) is 0 Å². The summed E-state index contributed by atoms with van der Waals surface area (Å²) < 4.78 is 0. The predicted octanol–water partition coefficient (Wildman–Crippen LogP) is 1.77. The summed E-state index contributed by atoms with van der Waals surface area (Å²) in [5.41, 5.74) is -0.726. The molecule has 0 saturated carbocycles. The fourth-order valence-corrected chi connectivity index (χ4v) is 0.500. The second-order valence-corrected chi connectivity index (χ2v) is 3.06. The van der Waals surface area contributed by atoms with Crippen LogP contribution in [0.15, 0.2) is 0 Å². The molecule has 0 fully saturated rings. The third kappa shape index (κ3) is 2.53. The highest BCUT2D eigenvalue weighted by Crippen LogP contribution is 2.17. The standard InChI is InChI=1S/C6H13ClO/c1-4-5(7)6(2,3)8/h5,8H,4H2,1-3H3. The van der Waals surface area contributed by atoms with Crippen molar-refractivity contribution in [1.29, 1.82) is 0 Å². The van der Waals surface area contributed by atoms with Crippen LogP contribution < -0.4 is 0 Å². The van der Waals surface area contributed by atoms with Crippen LogP contribution in [-0.4, -0.2) is 16.1 Å². The van der Waals surface area contributed by atoms with E-state index in [1.54, 1.807) is 13.8 Å². The molecule has 1 nitrogen and oxygen atoms in total. The van der Waals surface area contributed by atoms with Crippen LogP contribution in [0.1, 0.15) is 27.2 Å². The van der Waals surface area contributed by atoms with Crippen molar-refractivity contribution in [3.63, 3.8) is 0 Å². The van der Waals surface area contributed by atoms with Gasteiger partial charge in [-0.15, -0.1) is 11.6 Å². The van der Waals surface area contributed by atoms with Gasteiger partial charge in [-0.25, -0.2) is 0 Å². The zero-order chi connectivity index (χ0) is 6.78. The van der Waals surface area contributed by atoms with Crippen molar-refractivity contribution in [2.45, 2.75) is 38.2 Å². The number of hydrogen-bond donors (Lipinski definition) is 1. The van der Waals surface area contributed by atoms with E-state index in [4.69, 9.17) is 16.7 Å². The van der Waals surface area contributed by atoms with Crippen molar-refractivity contribution in [3.8, 4) is 0 Å². The van der Waals surface area contributed by atoms with Gasteiger partial charge in [0.05, 0.1) is 11.0 Å². The summed E-state index contributed by atoms with van der Waals surface area (Å²) in [7, 11) is 0. The molecule has 8 heavy (non-hydrogen) atoms. The predicted molar refractivity (Wildman–Crippen MR) is 36.2 cm³/mol. The Morgan fingerprint density at radius 3 is 2.00 bits per heavy atom. The van der Waals surface area contributed by atoms with E-state index >= 15 is 0 Å². The number of rotatable bonds is 2. The maximum atomic E-state index is 9.15. The van der Waals surface area contributed by atoms with Crippen molar-refractivity contribution in [1.82, 2.24) is 0 Å². The summed E-state index contributed by atoms with van der Waals surface area (Å²) >= 11 is 5.69. The molecule has 0 aliphatic rings. The molecule has 0 bridgehead atoms. The average Bonchev–Trinajstić information content (AvgIpc) is 1.62. The van der Waals surface area contributed by atoms with Gasteiger partial charge in [0.25, 0.3) is 0 Å². The van der Waals surface area contributed by atoms with E-state index in [9.17, 15) is 0 Å². The molecule has 50 valence electrons. The molecule has 0 aromatic heterocycles. The van der Waals surface area contributed by atoms with E-state index in [2.05, 4.69) is 0 Å². The molecule has 0 rings (SSSR count). The first-order chi connectivity index (χ1) is 3.48. The summed E-state index contributed by atoms with van der Waals surface area (Å²) in [5, 5.41) is 9.03. The van der Waals surface area contributed by atoms with Crippen LogP contribution in [0.3, 0.4) is 0 Å². The highest BCUT2D eigenvalue weighted by atomic mass is 35.5. The lowest BCUT2D eigenvalue weighted by molar-refractivity contribution is 0.0744. The van der Waals surface area contributed by atoms with Gasteiger partial charge >= 0.3 is 0 Å². The molecule has 1 unspecified atom stereocenters. The second-order valence-electron chi connectivity index (χ2n) is 2.53. The number of hydrogen-bond acceptors (Lipinski definition) is 1. The molecular weight excluding hydrogens is 124 g/mol. The Kier molecular flexibility index (Phi) is 2.78. The van der Waals surface area contributed by atoms with E-state index in [0.717, 1.165) is 6.42 Å². The first-order valence-electron chi connectivity index (χ1n) is 2.85. The third-order valence-corrected chi connectivity index (χ3v) is 1.97. The summed E-state index contributed by atoms with van der Waals surface area (Å²) in [5.74, 6) is 0. The van der Waals surface area contributed by atoms with Crippen LogP contribution in [-0.2, 0) is 0 Å². The Hall–Kier alpha value is 0.250. The van der Waals surface area contributed by atoms with Crippen molar-refractivity contribution < 1.29 is 5.11 Å². The van der Waals surface area contributed by atoms with Crippen LogP contribution in [0.4, 0.5) is 0 Å². The third-order valence-electron chi connectivity index (χ3n) is 1.12. The Bertz CT molecular complexity index is 65.4. The minimum Gasteiger partial charge on any atom is -0.389 e. The van der Waals surface area contributed by atoms with Crippen molar-refractivity contribution >= 4 is 11.6 Å². The lowest BCUT2D eigenvalue weighted by Gasteiger charge is -2.21. The molecule has 1 N–H and O–H groups in total. The molecular formula is C6H13ClO.